The molecule has 0 unspecified atom stereocenters. The van der Waals surface area contributed by atoms with Gasteiger partial charge in [0.1, 0.15) is 0 Å². The molecular weight excluding hydrogens is 198 g/mol. The highest BCUT2D eigenvalue weighted by molar-refractivity contribution is 5.90. The number of hydrogen-bond acceptors (Lipinski definition) is 1. The van der Waals surface area contributed by atoms with Crippen LogP contribution in [-0.4, -0.2) is 5.91 Å². The number of nitrogens with one attached hydrogen (secondary N) is 1. The summed E-state index contributed by atoms with van der Waals surface area (Å²) in [6.45, 7) is 0. The molecule has 1 aromatic carbocycles. The van der Waals surface area contributed by atoms with Crippen molar-refractivity contribution in [3.05, 3.63) is 30.3 Å². The zero-order chi connectivity index (χ0) is 11.2. The summed E-state index contributed by atoms with van der Waals surface area (Å²) in [6.07, 6.45) is 7.06. The van der Waals surface area contributed by atoms with Crippen molar-refractivity contribution in [3.63, 3.8) is 0 Å². The van der Waals surface area contributed by atoms with Crippen LogP contribution in [0.25, 0.3) is 0 Å². The van der Waals surface area contributed by atoms with Crippen LogP contribution >= 0.6 is 0 Å². The summed E-state index contributed by atoms with van der Waals surface area (Å²) < 4.78 is 0. The van der Waals surface area contributed by atoms with Gasteiger partial charge in [0, 0.05) is 12.1 Å². The molecule has 0 aromatic heterocycles. The first-order valence-electron chi connectivity index (χ1n) is 6.19. The van der Waals surface area contributed by atoms with Crippen molar-refractivity contribution >= 4 is 11.6 Å². The van der Waals surface area contributed by atoms with Gasteiger partial charge in [-0.2, -0.15) is 0 Å². The zero-order valence-corrected chi connectivity index (χ0v) is 9.61. The van der Waals surface area contributed by atoms with Crippen LogP contribution in [0.3, 0.4) is 0 Å². The Balaban J connectivity index is 1.72. The van der Waals surface area contributed by atoms with Gasteiger partial charge >= 0.3 is 0 Å². The number of rotatable bonds is 4. The molecule has 2 heteroatoms. The first kappa shape index (κ1) is 11.2. The van der Waals surface area contributed by atoms with Crippen LogP contribution < -0.4 is 5.32 Å². The Bertz CT molecular complexity index is 328. The Kier molecular flexibility index (Phi) is 3.97. The lowest BCUT2D eigenvalue weighted by Crippen LogP contribution is -2.12. The average molecular weight is 217 g/mol. The van der Waals surface area contributed by atoms with E-state index < -0.39 is 0 Å². The molecule has 1 N–H and O–H groups in total. The minimum absolute atomic E-state index is 0.151. The van der Waals surface area contributed by atoms with E-state index in [9.17, 15) is 4.79 Å². The molecule has 0 atom stereocenters. The van der Waals surface area contributed by atoms with Gasteiger partial charge in [-0.15, -0.1) is 0 Å². The molecule has 0 bridgehead atoms. The minimum Gasteiger partial charge on any atom is -0.326 e. The summed E-state index contributed by atoms with van der Waals surface area (Å²) in [5, 5.41) is 2.93. The van der Waals surface area contributed by atoms with Crippen LogP contribution in [0.15, 0.2) is 30.3 Å². The van der Waals surface area contributed by atoms with Crippen molar-refractivity contribution in [1.82, 2.24) is 0 Å². The average Bonchev–Trinajstić information content (AvgIpc) is 2.81. The summed E-state index contributed by atoms with van der Waals surface area (Å²) in [5.74, 6) is 0.944. The van der Waals surface area contributed by atoms with Crippen molar-refractivity contribution in [3.8, 4) is 0 Å². The van der Waals surface area contributed by atoms with Crippen LogP contribution in [0.1, 0.15) is 38.5 Å². The highest BCUT2D eigenvalue weighted by atomic mass is 16.1. The van der Waals surface area contributed by atoms with E-state index >= 15 is 0 Å². The zero-order valence-electron chi connectivity index (χ0n) is 9.61. The van der Waals surface area contributed by atoms with Gasteiger partial charge in [0.2, 0.25) is 5.91 Å². The minimum atomic E-state index is 0.151. The van der Waals surface area contributed by atoms with Crippen molar-refractivity contribution in [2.45, 2.75) is 38.5 Å². The van der Waals surface area contributed by atoms with Crippen molar-refractivity contribution in [1.29, 1.82) is 0 Å². The highest BCUT2D eigenvalue weighted by Crippen LogP contribution is 2.28. The molecule has 0 spiro atoms. The molecule has 1 fully saturated rings. The number of anilines is 1. The molecule has 16 heavy (non-hydrogen) atoms. The SMILES string of the molecule is O=C(CCC1CCCC1)Nc1ccccc1. The lowest BCUT2D eigenvalue weighted by Gasteiger charge is -2.08. The summed E-state index contributed by atoms with van der Waals surface area (Å²) >= 11 is 0. The molecule has 0 aliphatic heterocycles. The quantitative estimate of drug-likeness (QED) is 0.820. The van der Waals surface area contributed by atoms with E-state index in [1.807, 2.05) is 30.3 Å². The third kappa shape index (κ3) is 3.37. The van der Waals surface area contributed by atoms with E-state index in [1.165, 1.54) is 25.7 Å². The molecule has 1 aliphatic rings. The van der Waals surface area contributed by atoms with Gasteiger partial charge in [-0.1, -0.05) is 43.9 Å². The molecule has 0 radical (unpaired) electrons. The largest absolute Gasteiger partial charge is 0.326 e. The molecule has 86 valence electrons. The van der Waals surface area contributed by atoms with E-state index in [1.54, 1.807) is 0 Å². The number of carbonyl (C=O) groups excluding carboxylic acids is 1. The first-order chi connectivity index (χ1) is 7.84. The Morgan fingerprint density at radius 1 is 1.19 bits per heavy atom. The van der Waals surface area contributed by atoms with E-state index in [2.05, 4.69) is 5.32 Å². The van der Waals surface area contributed by atoms with E-state index in [0.29, 0.717) is 6.42 Å². The predicted octanol–water partition coefficient (Wildman–Crippen LogP) is 3.60. The second-order valence-electron chi connectivity index (χ2n) is 4.60. The Morgan fingerprint density at radius 3 is 2.56 bits per heavy atom. The Labute approximate surface area is 97.1 Å². The molecule has 2 rings (SSSR count). The van der Waals surface area contributed by atoms with Crippen LogP contribution in [0.5, 0.6) is 0 Å². The van der Waals surface area contributed by atoms with Crippen LogP contribution in [0.4, 0.5) is 5.69 Å². The van der Waals surface area contributed by atoms with E-state index in [4.69, 9.17) is 0 Å². The number of para-hydroxylation sites is 1. The molecule has 2 nitrogen and oxygen atoms in total. The summed E-state index contributed by atoms with van der Waals surface area (Å²) in [5.41, 5.74) is 0.902. The number of amides is 1. The van der Waals surface area contributed by atoms with Crippen LogP contribution in [0, 0.1) is 5.92 Å². The number of benzene rings is 1. The molecular formula is C14H19NO. The number of hydrogen-bond donors (Lipinski definition) is 1. The summed E-state index contributed by atoms with van der Waals surface area (Å²) in [4.78, 5) is 11.7. The van der Waals surface area contributed by atoms with E-state index in [-0.39, 0.29) is 5.91 Å². The molecule has 1 saturated carbocycles. The molecule has 1 aliphatic carbocycles. The van der Waals surface area contributed by atoms with Crippen molar-refractivity contribution in [2.24, 2.45) is 5.92 Å². The Hall–Kier alpha value is -1.31. The normalized spacial score (nSPS) is 16.2. The summed E-state index contributed by atoms with van der Waals surface area (Å²) in [7, 11) is 0. The van der Waals surface area contributed by atoms with Gasteiger partial charge in [0.05, 0.1) is 0 Å². The van der Waals surface area contributed by atoms with Crippen molar-refractivity contribution < 1.29 is 4.79 Å². The second-order valence-corrected chi connectivity index (χ2v) is 4.60. The van der Waals surface area contributed by atoms with Crippen molar-refractivity contribution in [2.75, 3.05) is 5.32 Å². The van der Waals surface area contributed by atoms with Gasteiger partial charge in [-0.05, 0) is 24.5 Å². The van der Waals surface area contributed by atoms with Gasteiger partial charge in [0.25, 0.3) is 0 Å². The monoisotopic (exact) mass is 217 g/mol. The smallest absolute Gasteiger partial charge is 0.224 e. The highest BCUT2D eigenvalue weighted by Gasteiger charge is 2.15. The van der Waals surface area contributed by atoms with Crippen LogP contribution in [-0.2, 0) is 4.79 Å². The first-order valence-corrected chi connectivity index (χ1v) is 6.19. The van der Waals surface area contributed by atoms with Gasteiger partial charge in [-0.25, -0.2) is 0 Å². The lowest BCUT2D eigenvalue weighted by molar-refractivity contribution is -0.116. The van der Waals surface area contributed by atoms with Gasteiger partial charge in [-0.3, -0.25) is 4.79 Å². The molecule has 0 saturated heterocycles. The molecule has 1 amide bonds. The third-order valence-electron chi connectivity index (χ3n) is 3.31. The topological polar surface area (TPSA) is 29.1 Å². The predicted molar refractivity (Wildman–Crippen MR) is 66.3 cm³/mol. The maximum atomic E-state index is 11.7. The van der Waals surface area contributed by atoms with Gasteiger partial charge in [0.15, 0.2) is 0 Å². The fourth-order valence-electron chi connectivity index (χ4n) is 2.38. The third-order valence-corrected chi connectivity index (χ3v) is 3.31. The molecule has 1 aromatic rings. The maximum Gasteiger partial charge on any atom is 0.224 e. The fraction of sp³-hybridized carbons (Fsp3) is 0.500. The van der Waals surface area contributed by atoms with E-state index in [0.717, 1.165) is 18.0 Å². The molecule has 0 heterocycles. The Morgan fingerprint density at radius 2 is 1.88 bits per heavy atom. The van der Waals surface area contributed by atoms with Gasteiger partial charge < -0.3 is 5.32 Å². The standard InChI is InChI=1S/C14H19NO/c16-14(11-10-12-6-4-5-7-12)15-13-8-2-1-3-9-13/h1-3,8-9,12H,4-7,10-11H2,(H,15,16). The van der Waals surface area contributed by atoms with Crippen LogP contribution in [0.2, 0.25) is 0 Å². The number of carbonyl (C=O) groups is 1. The second kappa shape index (κ2) is 5.69. The summed E-state index contributed by atoms with van der Waals surface area (Å²) in [6, 6.07) is 9.67. The lowest BCUT2D eigenvalue weighted by atomic mass is 10.0. The fourth-order valence-corrected chi connectivity index (χ4v) is 2.38. The maximum absolute atomic E-state index is 11.7.